The highest BCUT2D eigenvalue weighted by Crippen LogP contribution is 2.13. The lowest BCUT2D eigenvalue weighted by atomic mass is 9.93. The molecule has 1 atom stereocenters. The normalized spacial score (nSPS) is 23.6. The van der Waals surface area contributed by atoms with Gasteiger partial charge in [-0.3, -0.25) is 4.79 Å². The summed E-state index contributed by atoms with van der Waals surface area (Å²) in [5.74, 6) is 3.23. The molecule has 0 aliphatic carbocycles. The van der Waals surface area contributed by atoms with Crippen LogP contribution in [0.25, 0.3) is 0 Å². The lowest BCUT2D eigenvalue weighted by Gasteiger charge is -2.20. The lowest BCUT2D eigenvalue weighted by molar-refractivity contribution is -0.124. The molecule has 1 N–H and O–H groups in total. The van der Waals surface area contributed by atoms with Gasteiger partial charge in [0.1, 0.15) is 5.78 Å². The Morgan fingerprint density at radius 2 is 2.50 bits per heavy atom. The summed E-state index contributed by atoms with van der Waals surface area (Å²) in [6.45, 7) is 1.70. The van der Waals surface area contributed by atoms with E-state index in [9.17, 15) is 4.79 Å². The second kappa shape index (κ2) is 4.95. The molecular weight excluding hydrogens is 150 g/mol. The summed E-state index contributed by atoms with van der Waals surface area (Å²) < 4.78 is 0. The summed E-state index contributed by atoms with van der Waals surface area (Å²) in [7, 11) is 0. The molecule has 0 spiro atoms. The zero-order valence-electron chi connectivity index (χ0n) is 7.31. The first-order chi connectivity index (χ1) is 5.84. The number of nitrogens with one attached hydrogen (secondary N) is 1. The van der Waals surface area contributed by atoms with Gasteiger partial charge in [0, 0.05) is 31.8 Å². The van der Waals surface area contributed by atoms with Gasteiger partial charge in [-0.05, 0) is 12.8 Å². The minimum Gasteiger partial charge on any atom is -0.316 e. The van der Waals surface area contributed by atoms with Crippen LogP contribution in [-0.2, 0) is 4.79 Å². The van der Waals surface area contributed by atoms with Crippen LogP contribution >= 0.6 is 0 Å². The molecule has 1 fully saturated rings. The first kappa shape index (κ1) is 9.28. The monoisotopic (exact) mass is 165 g/mol. The standard InChI is InChI=1S/C10H15NO/c1-2-3-4-5-9-8-11-7-6-10(9)12/h1,9,11H,3-8H2. The molecule has 12 heavy (non-hydrogen) atoms. The third-order valence-electron chi connectivity index (χ3n) is 2.27. The first-order valence-corrected chi connectivity index (χ1v) is 4.51. The molecule has 0 bridgehead atoms. The van der Waals surface area contributed by atoms with E-state index in [0.29, 0.717) is 12.2 Å². The van der Waals surface area contributed by atoms with Crippen molar-refractivity contribution >= 4 is 5.78 Å². The van der Waals surface area contributed by atoms with E-state index in [1.807, 2.05) is 0 Å². The SMILES string of the molecule is C#CCCCC1CNCCC1=O. The Morgan fingerprint density at radius 3 is 3.17 bits per heavy atom. The summed E-state index contributed by atoms with van der Waals surface area (Å²) in [4.78, 5) is 11.3. The molecule has 1 heterocycles. The molecular formula is C10H15NO. The van der Waals surface area contributed by atoms with E-state index in [1.54, 1.807) is 0 Å². The maximum absolute atomic E-state index is 11.3. The second-order valence-electron chi connectivity index (χ2n) is 3.21. The average Bonchev–Trinajstić information content (AvgIpc) is 2.09. The van der Waals surface area contributed by atoms with Gasteiger partial charge in [-0.2, -0.15) is 0 Å². The molecule has 2 heteroatoms. The Hall–Kier alpha value is -0.810. The molecule has 0 amide bonds. The van der Waals surface area contributed by atoms with E-state index in [1.165, 1.54) is 0 Å². The van der Waals surface area contributed by atoms with Gasteiger partial charge in [0.2, 0.25) is 0 Å². The highest BCUT2D eigenvalue weighted by molar-refractivity contribution is 5.82. The Bertz CT molecular complexity index is 193. The van der Waals surface area contributed by atoms with Gasteiger partial charge < -0.3 is 5.32 Å². The number of unbranched alkanes of at least 4 members (excludes halogenated alkanes) is 1. The van der Waals surface area contributed by atoms with Gasteiger partial charge >= 0.3 is 0 Å². The number of Topliss-reactive ketones (excluding diaryl/α,β-unsaturated/α-hetero) is 1. The second-order valence-corrected chi connectivity index (χ2v) is 3.21. The average molecular weight is 165 g/mol. The van der Waals surface area contributed by atoms with Crippen LogP contribution in [0.4, 0.5) is 0 Å². The van der Waals surface area contributed by atoms with Crippen molar-refractivity contribution in [3.63, 3.8) is 0 Å². The van der Waals surface area contributed by atoms with Gasteiger partial charge in [-0.15, -0.1) is 12.3 Å². The van der Waals surface area contributed by atoms with Crippen molar-refractivity contribution in [1.82, 2.24) is 5.32 Å². The molecule has 1 rings (SSSR count). The molecule has 2 nitrogen and oxygen atoms in total. The van der Waals surface area contributed by atoms with Crippen LogP contribution < -0.4 is 5.32 Å². The van der Waals surface area contributed by atoms with Crippen LogP contribution in [0, 0.1) is 18.3 Å². The van der Waals surface area contributed by atoms with Gasteiger partial charge in [0.15, 0.2) is 0 Å². The Labute approximate surface area is 73.7 Å². The van der Waals surface area contributed by atoms with Crippen LogP contribution in [-0.4, -0.2) is 18.9 Å². The summed E-state index contributed by atoms with van der Waals surface area (Å²) in [6, 6.07) is 0. The molecule has 0 aromatic carbocycles. The minimum absolute atomic E-state index is 0.229. The molecule has 1 aliphatic heterocycles. The van der Waals surface area contributed by atoms with Crippen molar-refractivity contribution in [2.24, 2.45) is 5.92 Å². The summed E-state index contributed by atoms with van der Waals surface area (Å²) >= 11 is 0. The van der Waals surface area contributed by atoms with E-state index >= 15 is 0 Å². The maximum Gasteiger partial charge on any atom is 0.138 e. The zero-order chi connectivity index (χ0) is 8.81. The van der Waals surface area contributed by atoms with Crippen LogP contribution in [0.3, 0.4) is 0 Å². The highest BCUT2D eigenvalue weighted by Gasteiger charge is 2.20. The number of hydrogen-bond acceptors (Lipinski definition) is 2. The Morgan fingerprint density at radius 1 is 1.67 bits per heavy atom. The van der Waals surface area contributed by atoms with Crippen molar-refractivity contribution in [3.8, 4) is 12.3 Å². The number of rotatable bonds is 3. The number of terminal acetylenes is 1. The highest BCUT2D eigenvalue weighted by atomic mass is 16.1. The van der Waals surface area contributed by atoms with Gasteiger partial charge in [0.25, 0.3) is 0 Å². The summed E-state index contributed by atoms with van der Waals surface area (Å²) in [5, 5.41) is 3.22. The van der Waals surface area contributed by atoms with Crippen molar-refractivity contribution in [2.45, 2.75) is 25.7 Å². The van der Waals surface area contributed by atoms with E-state index in [0.717, 1.165) is 32.4 Å². The number of ketones is 1. The predicted molar refractivity (Wildman–Crippen MR) is 48.7 cm³/mol. The lowest BCUT2D eigenvalue weighted by Crippen LogP contribution is -2.36. The molecule has 1 saturated heterocycles. The molecule has 0 aromatic rings. The Balaban J connectivity index is 2.21. The predicted octanol–water partition coefficient (Wildman–Crippen LogP) is 0.968. The molecule has 66 valence electrons. The topological polar surface area (TPSA) is 29.1 Å². The molecule has 1 unspecified atom stereocenters. The van der Waals surface area contributed by atoms with Crippen molar-refractivity contribution < 1.29 is 4.79 Å². The van der Waals surface area contributed by atoms with Gasteiger partial charge in [-0.25, -0.2) is 0 Å². The molecule has 0 radical (unpaired) electrons. The smallest absolute Gasteiger partial charge is 0.138 e. The quantitative estimate of drug-likeness (QED) is 0.498. The molecule has 0 saturated carbocycles. The van der Waals surface area contributed by atoms with Crippen molar-refractivity contribution in [1.29, 1.82) is 0 Å². The summed E-state index contributed by atoms with van der Waals surface area (Å²) in [5.41, 5.74) is 0. The third-order valence-corrected chi connectivity index (χ3v) is 2.27. The fraction of sp³-hybridized carbons (Fsp3) is 0.700. The van der Waals surface area contributed by atoms with E-state index in [-0.39, 0.29) is 5.92 Å². The maximum atomic E-state index is 11.3. The number of carbonyl (C=O) groups excluding carboxylic acids is 1. The first-order valence-electron chi connectivity index (χ1n) is 4.51. The van der Waals surface area contributed by atoms with Crippen LogP contribution in [0.15, 0.2) is 0 Å². The number of hydrogen-bond donors (Lipinski definition) is 1. The summed E-state index contributed by atoms with van der Waals surface area (Å²) in [6.07, 6.45) is 8.55. The van der Waals surface area contributed by atoms with Crippen molar-refractivity contribution in [3.05, 3.63) is 0 Å². The minimum atomic E-state index is 0.229. The van der Waals surface area contributed by atoms with Crippen molar-refractivity contribution in [2.75, 3.05) is 13.1 Å². The van der Waals surface area contributed by atoms with Crippen LogP contribution in [0.2, 0.25) is 0 Å². The third kappa shape index (κ3) is 2.67. The fourth-order valence-electron chi connectivity index (χ4n) is 1.52. The fourth-order valence-corrected chi connectivity index (χ4v) is 1.52. The van der Waals surface area contributed by atoms with Crippen LogP contribution in [0.5, 0.6) is 0 Å². The Kier molecular flexibility index (Phi) is 3.83. The van der Waals surface area contributed by atoms with Gasteiger partial charge in [0.05, 0.1) is 0 Å². The molecule has 0 aromatic heterocycles. The van der Waals surface area contributed by atoms with E-state index in [2.05, 4.69) is 11.2 Å². The van der Waals surface area contributed by atoms with Gasteiger partial charge in [-0.1, -0.05) is 0 Å². The molecule has 1 aliphatic rings. The van der Waals surface area contributed by atoms with E-state index in [4.69, 9.17) is 6.42 Å². The zero-order valence-corrected chi connectivity index (χ0v) is 7.31. The van der Waals surface area contributed by atoms with Crippen LogP contribution in [0.1, 0.15) is 25.7 Å². The number of carbonyl (C=O) groups is 1. The largest absolute Gasteiger partial charge is 0.316 e. The van der Waals surface area contributed by atoms with E-state index < -0.39 is 0 Å². The number of piperidine rings is 1.